The summed E-state index contributed by atoms with van der Waals surface area (Å²) < 4.78 is 26.1. The molecule has 5 amide bonds. The van der Waals surface area contributed by atoms with Gasteiger partial charge in [0, 0.05) is 13.1 Å². The summed E-state index contributed by atoms with van der Waals surface area (Å²) in [7, 11) is -3.64. The highest BCUT2D eigenvalue weighted by molar-refractivity contribution is 7.93. The summed E-state index contributed by atoms with van der Waals surface area (Å²) in [5.74, 6) is -2.70. The zero-order valence-electron chi connectivity index (χ0n) is 30.2. The maximum absolute atomic E-state index is 14.3. The number of rotatable bonds is 12. The summed E-state index contributed by atoms with van der Waals surface area (Å²) in [6, 6.07) is -2.75. The number of hydrogen-bond donors (Lipinski definition) is 4. The summed E-state index contributed by atoms with van der Waals surface area (Å²) in [5.41, 5.74) is -2.17. The number of nitrogens with one attached hydrogen (secondary N) is 4. The van der Waals surface area contributed by atoms with Crippen LogP contribution in [0.5, 0.6) is 0 Å². The van der Waals surface area contributed by atoms with E-state index < -0.39 is 72.5 Å². The van der Waals surface area contributed by atoms with Gasteiger partial charge in [0.25, 0.3) is 5.91 Å². The smallest absolute Gasteiger partial charge is 0.316 e. The zero-order chi connectivity index (χ0) is 36.2. The van der Waals surface area contributed by atoms with Crippen molar-refractivity contribution in [3.8, 4) is 0 Å². The molecule has 4 aliphatic rings. The lowest BCUT2D eigenvalue weighted by atomic mass is 9.79. The van der Waals surface area contributed by atoms with Crippen molar-refractivity contribution in [2.45, 2.75) is 140 Å². The molecule has 7 atom stereocenters. The summed E-state index contributed by atoms with van der Waals surface area (Å²) in [5, 5.41) is 10.4. The summed E-state index contributed by atoms with van der Waals surface area (Å²) in [6.45, 7) is 20.5. The third-order valence-electron chi connectivity index (χ3n) is 11.9. The van der Waals surface area contributed by atoms with Gasteiger partial charge in [-0.1, -0.05) is 53.0 Å². The average Bonchev–Trinajstić information content (AvgIpc) is 3.76. The molecule has 0 unspecified atom stereocenters. The highest BCUT2D eigenvalue weighted by Gasteiger charge is 2.71. The summed E-state index contributed by atoms with van der Waals surface area (Å²) >= 11 is 0. The number of ketones is 1. The Morgan fingerprint density at radius 3 is 2.10 bits per heavy atom. The monoisotopic (exact) mass is 691 g/mol. The Kier molecular flexibility index (Phi) is 10.3. The third-order valence-corrected chi connectivity index (χ3v) is 15.0. The number of likely N-dealkylation sites (tertiary alicyclic amines) is 1. The normalized spacial score (nSPS) is 29.8. The molecule has 3 saturated carbocycles. The van der Waals surface area contributed by atoms with E-state index >= 15 is 0 Å². The number of hydrogen-bond acceptors (Lipinski definition) is 7. The minimum absolute atomic E-state index is 0.0435. The molecule has 1 aliphatic heterocycles. The van der Waals surface area contributed by atoms with Crippen molar-refractivity contribution < 1.29 is 32.4 Å². The fourth-order valence-corrected chi connectivity index (χ4v) is 10.4. The van der Waals surface area contributed by atoms with E-state index in [9.17, 15) is 32.4 Å². The molecule has 3 aliphatic carbocycles. The van der Waals surface area contributed by atoms with Crippen molar-refractivity contribution in [3.05, 3.63) is 12.2 Å². The van der Waals surface area contributed by atoms with E-state index in [2.05, 4.69) is 27.8 Å². The number of sulfone groups is 1. The Hall–Kier alpha value is -2.96. The van der Waals surface area contributed by atoms with Crippen LogP contribution in [0.3, 0.4) is 0 Å². The van der Waals surface area contributed by atoms with Crippen molar-refractivity contribution in [1.29, 1.82) is 0 Å². The maximum Gasteiger partial charge on any atom is 0.316 e. The molecule has 4 N–H and O–H groups in total. The van der Waals surface area contributed by atoms with Crippen LogP contribution in [-0.4, -0.2) is 89.1 Å². The van der Waals surface area contributed by atoms with Gasteiger partial charge >= 0.3 is 6.03 Å². The predicted octanol–water partition coefficient (Wildman–Crippen LogP) is 3.01. The molecule has 12 nitrogen and oxygen atoms in total. The molecule has 48 heavy (non-hydrogen) atoms. The van der Waals surface area contributed by atoms with Crippen LogP contribution in [0, 0.1) is 23.2 Å². The van der Waals surface area contributed by atoms with Gasteiger partial charge in [0.2, 0.25) is 17.6 Å². The highest BCUT2D eigenvalue weighted by Crippen LogP contribution is 2.65. The van der Waals surface area contributed by atoms with E-state index in [0.29, 0.717) is 37.8 Å². The molecule has 0 aromatic rings. The molecule has 4 fully saturated rings. The minimum Gasteiger partial charge on any atom is -0.350 e. The van der Waals surface area contributed by atoms with Crippen LogP contribution in [-0.2, 0) is 29.0 Å². The molecular weight excluding hydrogens is 634 g/mol. The highest BCUT2D eigenvalue weighted by atomic mass is 32.2. The van der Waals surface area contributed by atoms with Gasteiger partial charge in [-0.15, -0.1) is 0 Å². The lowest BCUT2D eigenvalue weighted by Gasteiger charge is -2.44. The number of carbonyl (C=O) groups is 5. The first-order valence-electron chi connectivity index (χ1n) is 17.6. The van der Waals surface area contributed by atoms with E-state index in [4.69, 9.17) is 0 Å². The second-order valence-electron chi connectivity index (χ2n) is 16.2. The van der Waals surface area contributed by atoms with E-state index in [1.54, 1.807) is 41.5 Å². The fraction of sp³-hybridized carbons (Fsp3) is 0.800. The second kappa shape index (κ2) is 13.1. The largest absolute Gasteiger partial charge is 0.350 e. The SMILES string of the molecule is C=C(C)[C@H](NC(=O)NC1([C@H](C)S(=O)(=O)C(C)(C)C)CCCCC1)C(=O)N1C[C@H]2[C@@H]([C@H]1C(=O)N[C@]1(C(=O)C(=O)NCC)C[C@@H]1CC)C2(C)C. The molecular formula is C35H57N5O7S. The fourth-order valence-electron chi connectivity index (χ4n) is 8.46. The standard InChI is InChI=1S/C35H57N5O7S/c1-11-22-18-35(22,27(41)29(43)36-12-2)38-28(42)26-24-23(33(24,9)10)19-40(26)30(44)25(20(3)4)37-31(45)39-34(16-14-13-15-17-34)21(5)48(46,47)32(6,7)8/h21-26H,3,11-19H2,1-2,4-10H3,(H,36,43)(H,38,42)(H2,37,39,45)/t21-,22-,23-,24-,25-,26-,35+/m0/s1. The molecule has 4 rings (SSSR count). The van der Waals surface area contributed by atoms with Gasteiger partial charge in [-0.3, -0.25) is 19.2 Å². The van der Waals surface area contributed by atoms with E-state index in [0.717, 1.165) is 19.3 Å². The number of likely N-dealkylation sites (N-methyl/N-ethyl adjacent to an activating group) is 1. The first kappa shape index (κ1) is 37.9. The third kappa shape index (κ3) is 6.52. The van der Waals surface area contributed by atoms with E-state index in [1.807, 2.05) is 20.8 Å². The zero-order valence-corrected chi connectivity index (χ0v) is 31.1. The van der Waals surface area contributed by atoms with Crippen LogP contribution < -0.4 is 21.3 Å². The maximum atomic E-state index is 14.3. The molecule has 0 aromatic heterocycles. The molecule has 0 spiro atoms. The Morgan fingerprint density at radius 2 is 1.60 bits per heavy atom. The Balaban J connectivity index is 1.56. The number of nitrogens with zero attached hydrogens (tertiary/aromatic N) is 1. The molecule has 1 saturated heterocycles. The molecule has 0 radical (unpaired) electrons. The van der Waals surface area contributed by atoms with Crippen molar-refractivity contribution in [1.82, 2.24) is 26.2 Å². The van der Waals surface area contributed by atoms with Crippen LogP contribution in [0.25, 0.3) is 0 Å². The topological polar surface area (TPSA) is 171 Å². The number of fused-ring (bicyclic) bond motifs is 1. The first-order valence-corrected chi connectivity index (χ1v) is 19.1. The van der Waals surface area contributed by atoms with Gasteiger partial charge in [-0.2, -0.15) is 0 Å². The van der Waals surface area contributed by atoms with Gasteiger partial charge in [-0.05, 0) is 89.5 Å². The summed E-state index contributed by atoms with van der Waals surface area (Å²) in [6.07, 6.45) is 4.40. The first-order chi connectivity index (χ1) is 22.1. The predicted molar refractivity (Wildman–Crippen MR) is 183 cm³/mol. The van der Waals surface area contributed by atoms with Crippen LogP contribution in [0.4, 0.5) is 4.79 Å². The number of amides is 5. The minimum atomic E-state index is -3.64. The van der Waals surface area contributed by atoms with Gasteiger partial charge in [0.15, 0.2) is 9.84 Å². The average molecular weight is 692 g/mol. The lowest BCUT2D eigenvalue weighted by Crippen LogP contribution is -2.64. The number of urea groups is 1. The van der Waals surface area contributed by atoms with Gasteiger partial charge in [0.1, 0.15) is 17.6 Å². The Morgan fingerprint density at radius 1 is 1.00 bits per heavy atom. The molecule has 270 valence electrons. The van der Waals surface area contributed by atoms with Gasteiger partial charge in [0.05, 0.1) is 15.5 Å². The van der Waals surface area contributed by atoms with Gasteiger partial charge < -0.3 is 26.2 Å². The van der Waals surface area contributed by atoms with Crippen LogP contribution in [0.1, 0.15) is 107 Å². The van der Waals surface area contributed by atoms with Crippen molar-refractivity contribution in [2.75, 3.05) is 13.1 Å². The van der Waals surface area contributed by atoms with Crippen LogP contribution in [0.15, 0.2) is 12.2 Å². The summed E-state index contributed by atoms with van der Waals surface area (Å²) in [4.78, 5) is 69.3. The molecule has 0 bridgehead atoms. The lowest BCUT2D eigenvalue weighted by molar-refractivity contribution is -0.144. The van der Waals surface area contributed by atoms with Gasteiger partial charge in [-0.25, -0.2) is 13.2 Å². The second-order valence-corrected chi connectivity index (χ2v) is 19.3. The van der Waals surface area contributed by atoms with Crippen LogP contribution >= 0.6 is 0 Å². The van der Waals surface area contributed by atoms with Crippen molar-refractivity contribution >= 4 is 39.4 Å². The molecule has 1 heterocycles. The van der Waals surface area contributed by atoms with Crippen LogP contribution in [0.2, 0.25) is 0 Å². The van der Waals surface area contributed by atoms with Crippen molar-refractivity contribution in [2.24, 2.45) is 23.2 Å². The Labute approximate surface area is 286 Å². The molecule has 0 aromatic carbocycles. The van der Waals surface area contributed by atoms with Crippen molar-refractivity contribution in [3.63, 3.8) is 0 Å². The van der Waals surface area contributed by atoms with E-state index in [1.165, 1.54) is 4.90 Å². The number of carbonyl (C=O) groups excluding carboxylic acids is 5. The quantitative estimate of drug-likeness (QED) is 0.180. The number of Topliss-reactive ketones (excluding diaryl/α,β-unsaturated/α-hetero) is 1. The van der Waals surface area contributed by atoms with E-state index in [-0.39, 0.29) is 29.7 Å². The molecule has 13 heteroatoms. The Bertz CT molecular complexity index is 1460. The number of piperidine rings is 1.